The number of pyridine rings is 1. The first-order valence-electron chi connectivity index (χ1n) is 15.6. The lowest BCUT2D eigenvalue weighted by atomic mass is 9.50. The Hall–Kier alpha value is -3.40. The highest BCUT2D eigenvalue weighted by molar-refractivity contribution is 5.94. The van der Waals surface area contributed by atoms with Crippen molar-refractivity contribution in [2.24, 2.45) is 17.3 Å². The fourth-order valence-corrected chi connectivity index (χ4v) is 8.72. The van der Waals surface area contributed by atoms with Crippen molar-refractivity contribution in [2.75, 3.05) is 13.6 Å². The second-order valence-corrected chi connectivity index (χ2v) is 13.4. The lowest BCUT2D eigenvalue weighted by Crippen LogP contribution is -2.65. The smallest absolute Gasteiger partial charge is 0.383 e. The Balaban J connectivity index is 1.36. The van der Waals surface area contributed by atoms with Gasteiger partial charge in [0.2, 0.25) is 0 Å². The molecule has 5 nitrogen and oxygen atoms in total. The molecule has 1 amide bonds. The first-order chi connectivity index (χ1) is 21.2. The van der Waals surface area contributed by atoms with Gasteiger partial charge in [-0.15, -0.1) is 0 Å². The van der Waals surface area contributed by atoms with Gasteiger partial charge in [0.1, 0.15) is 5.60 Å². The minimum Gasteiger partial charge on any atom is -0.383 e. The molecule has 2 aromatic rings. The van der Waals surface area contributed by atoms with Gasteiger partial charge in [0.15, 0.2) is 5.78 Å². The summed E-state index contributed by atoms with van der Waals surface area (Å²) in [5, 5.41) is 11.4. The molecule has 1 heterocycles. The maximum absolute atomic E-state index is 15.2. The van der Waals surface area contributed by atoms with E-state index >= 15 is 8.78 Å². The predicted molar refractivity (Wildman–Crippen MR) is 158 cm³/mol. The molecule has 0 radical (unpaired) electrons. The molecule has 4 aliphatic rings. The van der Waals surface area contributed by atoms with Gasteiger partial charge in [-0.25, -0.2) is 0 Å². The summed E-state index contributed by atoms with van der Waals surface area (Å²) in [5.74, 6) is -6.89. The van der Waals surface area contributed by atoms with Crippen LogP contribution in [-0.4, -0.2) is 58.0 Å². The molecular weight excluding hydrogens is 591 g/mol. The molecule has 1 N–H and O–H groups in total. The molecule has 5 atom stereocenters. The summed E-state index contributed by atoms with van der Waals surface area (Å²) in [4.78, 5) is 31.4. The molecule has 6 rings (SSSR count). The number of likely N-dealkylation sites (N-methyl/N-ethyl adjacent to an activating group) is 1. The fourth-order valence-electron chi connectivity index (χ4n) is 8.72. The van der Waals surface area contributed by atoms with Crippen molar-refractivity contribution < 1.29 is 36.6 Å². The van der Waals surface area contributed by atoms with E-state index in [1.54, 1.807) is 48.5 Å². The molecule has 0 spiro atoms. The number of alkyl halides is 5. The van der Waals surface area contributed by atoms with Crippen LogP contribution in [0.25, 0.3) is 0 Å². The summed E-state index contributed by atoms with van der Waals surface area (Å²) in [6.07, 6.45) is -0.801. The number of halogens is 5. The van der Waals surface area contributed by atoms with Gasteiger partial charge < -0.3 is 10.0 Å². The number of amides is 1. The molecule has 2 saturated carbocycles. The van der Waals surface area contributed by atoms with Crippen LogP contribution in [0.5, 0.6) is 0 Å². The number of hydrogen-bond donors (Lipinski definition) is 1. The van der Waals surface area contributed by atoms with Gasteiger partial charge in [-0.2, -0.15) is 22.0 Å². The van der Waals surface area contributed by atoms with Crippen LogP contribution in [0.1, 0.15) is 79.4 Å². The number of carbonyl (C=O) groups is 2. The summed E-state index contributed by atoms with van der Waals surface area (Å²) in [6, 6.07) is 12.4. The Morgan fingerprint density at radius 2 is 1.78 bits per heavy atom. The molecule has 45 heavy (non-hydrogen) atoms. The summed E-state index contributed by atoms with van der Waals surface area (Å²) < 4.78 is 71.8. The normalized spacial score (nSPS) is 29.9. The highest BCUT2D eigenvalue weighted by Gasteiger charge is 2.79. The van der Waals surface area contributed by atoms with Crippen LogP contribution in [0.15, 0.2) is 71.5 Å². The van der Waals surface area contributed by atoms with Crippen molar-refractivity contribution >= 4 is 11.7 Å². The minimum absolute atomic E-state index is 0.0279. The summed E-state index contributed by atoms with van der Waals surface area (Å²) >= 11 is 0. The first-order valence-corrected chi connectivity index (χ1v) is 15.6. The Morgan fingerprint density at radius 1 is 1.04 bits per heavy atom. The van der Waals surface area contributed by atoms with E-state index in [-0.39, 0.29) is 30.4 Å². The Morgan fingerprint density at radius 3 is 2.44 bits per heavy atom. The molecule has 240 valence electrons. The second-order valence-electron chi connectivity index (χ2n) is 13.4. The largest absolute Gasteiger partial charge is 0.456 e. The zero-order chi connectivity index (χ0) is 32.4. The quantitative estimate of drug-likeness (QED) is 0.343. The number of aromatic nitrogens is 1. The van der Waals surface area contributed by atoms with E-state index in [9.17, 15) is 27.9 Å². The van der Waals surface area contributed by atoms with Crippen LogP contribution in [0, 0.1) is 17.3 Å². The minimum atomic E-state index is -5.90. The van der Waals surface area contributed by atoms with Crippen LogP contribution in [0.4, 0.5) is 22.0 Å². The molecule has 2 unspecified atom stereocenters. The lowest BCUT2D eigenvalue weighted by molar-refractivity contribution is -0.362. The van der Waals surface area contributed by atoms with Gasteiger partial charge in [0.05, 0.1) is 0 Å². The van der Waals surface area contributed by atoms with E-state index in [0.29, 0.717) is 49.8 Å². The number of benzene rings is 1. The number of ketones is 1. The molecule has 0 aliphatic heterocycles. The van der Waals surface area contributed by atoms with Crippen molar-refractivity contribution in [3.63, 3.8) is 0 Å². The van der Waals surface area contributed by atoms with Crippen molar-refractivity contribution in [1.29, 1.82) is 0 Å². The van der Waals surface area contributed by atoms with Gasteiger partial charge in [0, 0.05) is 55.2 Å². The molecule has 1 aromatic carbocycles. The monoisotopic (exact) mass is 628 g/mol. The van der Waals surface area contributed by atoms with Gasteiger partial charge >= 0.3 is 12.1 Å². The van der Waals surface area contributed by atoms with Gasteiger partial charge in [-0.3, -0.25) is 14.6 Å². The third kappa shape index (κ3) is 5.04. The molecule has 2 fully saturated rings. The van der Waals surface area contributed by atoms with E-state index < -0.39 is 41.4 Å². The van der Waals surface area contributed by atoms with Crippen LogP contribution in [0.2, 0.25) is 0 Å². The van der Waals surface area contributed by atoms with Gasteiger partial charge in [0.25, 0.3) is 5.91 Å². The maximum atomic E-state index is 15.2. The van der Waals surface area contributed by atoms with Crippen LogP contribution in [-0.2, 0) is 11.2 Å². The molecule has 0 saturated heterocycles. The molecule has 1 aromatic heterocycles. The van der Waals surface area contributed by atoms with E-state index in [1.807, 2.05) is 18.2 Å². The lowest BCUT2D eigenvalue weighted by Gasteiger charge is -2.56. The third-order valence-electron chi connectivity index (χ3n) is 11.1. The molecular formula is C35H37F5N2O3. The van der Waals surface area contributed by atoms with Crippen LogP contribution < -0.4 is 0 Å². The highest BCUT2D eigenvalue weighted by atomic mass is 19.4. The number of rotatable bonds is 6. The molecule has 4 aliphatic carbocycles. The topological polar surface area (TPSA) is 70.5 Å². The highest BCUT2D eigenvalue weighted by Crippen LogP contribution is 2.70. The summed E-state index contributed by atoms with van der Waals surface area (Å²) in [7, 11) is 1.69. The number of hydrogen-bond acceptors (Lipinski definition) is 4. The molecule has 0 bridgehead atoms. The summed E-state index contributed by atoms with van der Waals surface area (Å²) in [5.41, 5.74) is -0.101. The zero-order valence-electron chi connectivity index (χ0n) is 25.3. The second kappa shape index (κ2) is 11.1. The Bertz CT molecular complexity index is 1550. The summed E-state index contributed by atoms with van der Waals surface area (Å²) in [6.45, 7) is 1.85. The number of aliphatic hydroxyl groups is 1. The van der Waals surface area contributed by atoms with Crippen molar-refractivity contribution in [1.82, 2.24) is 9.88 Å². The van der Waals surface area contributed by atoms with E-state index in [2.05, 4.69) is 4.98 Å². The third-order valence-corrected chi connectivity index (χ3v) is 11.1. The van der Waals surface area contributed by atoms with E-state index in [0.717, 1.165) is 22.4 Å². The standard InChI is InChI=1S/C35H37F5N2O3/c1-32-20-28(21-6-8-22(9-7-21)31(44)42(2)18-15-24-5-3-4-17-41-24)30-26-13-11-25(43)19-23(26)10-12-27(30)29(32)14-16-33(32,45)34(36,37)35(38,39)40/h3-9,17,19,27-29,45H,10-16,18,20H2,1-2H3/t27?,28-,29+,32?,33+/m1/s1. The number of nitrogens with zero attached hydrogens (tertiary/aromatic N) is 2. The average Bonchev–Trinajstić information content (AvgIpc) is 3.30. The number of fused-ring (bicyclic) bond motifs is 4. The average molecular weight is 629 g/mol. The first kappa shape index (κ1) is 31.6. The number of allylic oxidation sites excluding steroid dienone is 4. The predicted octanol–water partition coefficient (Wildman–Crippen LogP) is 7.22. The number of carbonyl (C=O) groups excluding carboxylic acids is 2. The van der Waals surface area contributed by atoms with Crippen molar-refractivity contribution in [3.8, 4) is 0 Å². The van der Waals surface area contributed by atoms with Gasteiger partial charge in [-0.1, -0.05) is 30.7 Å². The SMILES string of the molecule is CN(CCc1ccccn1)C(=O)c1ccc([C@H]2CC3(C)[C@@H](CC[C@@]3(O)C(F)(F)C(F)(F)F)C3CCC4=CC(=O)CCC4=C32)cc1. The Labute approximate surface area is 259 Å². The zero-order valence-corrected chi connectivity index (χ0v) is 25.3. The maximum Gasteiger partial charge on any atom is 0.456 e. The van der Waals surface area contributed by atoms with Gasteiger partial charge in [-0.05, 0) is 97.4 Å². The van der Waals surface area contributed by atoms with E-state index in [4.69, 9.17) is 0 Å². The molecule has 10 heteroatoms. The fraction of sp³-hybridized carbons (Fsp3) is 0.514. The van der Waals surface area contributed by atoms with E-state index in [1.165, 1.54) is 6.92 Å². The van der Waals surface area contributed by atoms with Crippen LogP contribution >= 0.6 is 0 Å². The van der Waals surface area contributed by atoms with Crippen molar-refractivity contribution in [2.45, 2.75) is 81.9 Å². The van der Waals surface area contributed by atoms with Crippen molar-refractivity contribution in [3.05, 3.63) is 88.3 Å². The van der Waals surface area contributed by atoms with Crippen LogP contribution in [0.3, 0.4) is 0 Å². The Kier molecular flexibility index (Phi) is 7.82.